The minimum absolute atomic E-state index is 0.0684. The van der Waals surface area contributed by atoms with Crippen LogP contribution in [0.4, 0.5) is 4.79 Å². The van der Waals surface area contributed by atoms with Crippen LogP contribution in [-0.4, -0.2) is 91.0 Å². The predicted molar refractivity (Wildman–Crippen MR) is 209 cm³/mol. The summed E-state index contributed by atoms with van der Waals surface area (Å²) in [6.45, 7) is 6.88. The van der Waals surface area contributed by atoms with Gasteiger partial charge in [0.25, 0.3) is 0 Å². The molecule has 12 heteroatoms. The average Bonchev–Trinajstić information content (AvgIpc) is 3.17. The molecule has 0 spiro atoms. The number of halogens is 1. The number of oxime groups is 1. The molecule has 0 saturated heterocycles. The monoisotopic (exact) mass is 770 g/mol. The minimum atomic E-state index is -1.35. The number of nitrogens with zero attached hydrogens (tertiary/aromatic N) is 2. The van der Waals surface area contributed by atoms with Gasteiger partial charge in [-0.25, -0.2) is 4.79 Å². The van der Waals surface area contributed by atoms with Crippen molar-refractivity contribution >= 4 is 35.2 Å². The number of ether oxygens (including phenoxy) is 4. The van der Waals surface area contributed by atoms with E-state index in [1.165, 1.54) is 7.11 Å². The number of carbonyl (C=O) groups is 1. The molecule has 53 heavy (non-hydrogen) atoms. The van der Waals surface area contributed by atoms with Crippen LogP contribution < -0.4 is 9.47 Å². The fraction of sp³-hybridized carbons (Fsp3) is 0.561. The lowest BCUT2D eigenvalue weighted by Crippen LogP contribution is -2.70. The molecule has 0 unspecified atom stereocenters. The molecule has 1 aliphatic heterocycles. The first-order chi connectivity index (χ1) is 25.9. The highest BCUT2D eigenvalue weighted by Gasteiger charge is 2.65. The van der Waals surface area contributed by atoms with E-state index in [0.29, 0.717) is 43.7 Å². The summed E-state index contributed by atoms with van der Waals surface area (Å²) in [5.41, 5.74) is 2.69. The van der Waals surface area contributed by atoms with Gasteiger partial charge in [-0.2, -0.15) is 0 Å². The number of amides is 1. The number of hydrogen-bond donors (Lipinski definition) is 2. The van der Waals surface area contributed by atoms with Gasteiger partial charge in [-0.3, -0.25) is 4.90 Å². The van der Waals surface area contributed by atoms with Crippen LogP contribution >= 0.6 is 23.4 Å². The predicted octanol–water partition coefficient (Wildman–Crippen LogP) is 8.55. The van der Waals surface area contributed by atoms with Crippen molar-refractivity contribution in [3.63, 3.8) is 0 Å². The first-order valence-electron chi connectivity index (χ1n) is 18.8. The molecule has 10 nitrogen and oxygen atoms in total. The molecule has 2 aromatic carbocycles. The van der Waals surface area contributed by atoms with E-state index in [4.69, 9.17) is 35.4 Å². The van der Waals surface area contributed by atoms with Gasteiger partial charge in [0.1, 0.15) is 37.0 Å². The highest BCUT2D eigenvalue weighted by atomic mass is 35.5. The lowest BCUT2D eigenvalue weighted by molar-refractivity contribution is -0.255. The molecule has 6 atom stereocenters. The third-order valence-corrected chi connectivity index (χ3v) is 11.4. The largest absolute Gasteiger partial charge is 0.459 e. The summed E-state index contributed by atoms with van der Waals surface area (Å²) < 4.78 is 26.3. The van der Waals surface area contributed by atoms with Crippen LogP contribution in [0.15, 0.2) is 76.8 Å². The van der Waals surface area contributed by atoms with Crippen molar-refractivity contribution < 1.29 is 38.8 Å². The lowest BCUT2D eigenvalue weighted by Gasteiger charge is -2.59. The molecule has 0 bridgehead atoms. The molecule has 0 aromatic heterocycles. The number of fused-ring (bicyclic) bond motifs is 2. The van der Waals surface area contributed by atoms with Gasteiger partial charge in [0, 0.05) is 42.6 Å². The van der Waals surface area contributed by atoms with Gasteiger partial charge < -0.3 is 34.0 Å². The van der Waals surface area contributed by atoms with Crippen LogP contribution in [0.5, 0.6) is 17.2 Å². The number of carbonyl (C=O) groups excluding carboxylic acids is 1. The van der Waals surface area contributed by atoms with Crippen molar-refractivity contribution in [2.75, 3.05) is 52.2 Å². The van der Waals surface area contributed by atoms with Gasteiger partial charge in [0.2, 0.25) is 5.79 Å². The Balaban J connectivity index is 1.74. The summed E-state index contributed by atoms with van der Waals surface area (Å²) in [5, 5.41) is 24.2. The Labute approximate surface area is 323 Å². The highest BCUT2D eigenvalue weighted by Crippen LogP contribution is 2.62. The maximum atomic E-state index is 13.9. The normalized spacial score (nSPS) is 25.1. The van der Waals surface area contributed by atoms with Crippen LogP contribution in [0.1, 0.15) is 69.8 Å². The summed E-state index contributed by atoms with van der Waals surface area (Å²) in [4.78, 5) is 22.3. The molecule has 1 amide bonds. The fourth-order valence-corrected chi connectivity index (χ4v) is 8.91. The number of benzene rings is 2. The van der Waals surface area contributed by atoms with E-state index in [1.54, 1.807) is 22.7 Å². The van der Waals surface area contributed by atoms with Gasteiger partial charge in [0.15, 0.2) is 0 Å². The lowest BCUT2D eigenvalue weighted by atomic mass is 9.55. The van der Waals surface area contributed by atoms with Crippen LogP contribution in [0.3, 0.4) is 0 Å². The second-order valence-corrected chi connectivity index (χ2v) is 15.0. The second kappa shape index (κ2) is 19.9. The van der Waals surface area contributed by atoms with E-state index >= 15 is 0 Å². The molecule has 3 aliphatic rings. The van der Waals surface area contributed by atoms with Crippen molar-refractivity contribution in [1.82, 2.24) is 4.90 Å². The SMILES string of the molecule is C=CCO[C@@]12Oc3ccc(Oc4ccc(SC)cc4)cc3[C@H]3[C@H](CCCCO)[C@@H](CCCCO)C=C(C(=NOC)C[C@@H]1N(CCC)C(=O)OCCCl)[C@H]32. The molecule has 1 fully saturated rings. The number of alkyl halides is 1. The first-order valence-corrected chi connectivity index (χ1v) is 20.6. The van der Waals surface area contributed by atoms with Crippen molar-refractivity contribution in [2.45, 2.75) is 80.9 Å². The summed E-state index contributed by atoms with van der Waals surface area (Å²) in [6, 6.07) is 13.3. The third kappa shape index (κ3) is 9.19. The number of hydrogen-bond acceptors (Lipinski definition) is 10. The highest BCUT2D eigenvalue weighted by molar-refractivity contribution is 7.98. The van der Waals surface area contributed by atoms with Crippen LogP contribution in [-0.2, 0) is 14.3 Å². The van der Waals surface area contributed by atoms with Crippen molar-refractivity contribution in [1.29, 1.82) is 0 Å². The van der Waals surface area contributed by atoms with E-state index in [0.717, 1.165) is 53.2 Å². The van der Waals surface area contributed by atoms with Crippen molar-refractivity contribution in [3.05, 3.63) is 72.3 Å². The summed E-state index contributed by atoms with van der Waals surface area (Å²) in [7, 11) is 1.54. The Morgan fingerprint density at radius 1 is 1.11 bits per heavy atom. The molecule has 1 saturated carbocycles. The Kier molecular flexibility index (Phi) is 15.4. The van der Waals surface area contributed by atoms with Crippen LogP contribution in [0.2, 0.25) is 0 Å². The average molecular weight is 771 g/mol. The quantitative estimate of drug-likeness (QED) is 0.0449. The number of thioether (sulfide) groups is 1. The molecule has 1 heterocycles. The topological polar surface area (TPSA) is 119 Å². The Hall–Kier alpha value is -3.22. The molecular formula is C41H55ClN2O8S. The molecule has 0 radical (unpaired) electrons. The summed E-state index contributed by atoms with van der Waals surface area (Å²) in [6.07, 6.45) is 11.3. The molecular weight excluding hydrogens is 716 g/mol. The zero-order valence-electron chi connectivity index (χ0n) is 31.2. The smallest absolute Gasteiger partial charge is 0.410 e. The van der Waals surface area contributed by atoms with E-state index in [9.17, 15) is 15.0 Å². The molecule has 2 aliphatic carbocycles. The Bertz CT molecular complexity index is 1570. The molecule has 290 valence electrons. The molecule has 2 aromatic rings. The Morgan fingerprint density at radius 2 is 1.85 bits per heavy atom. The number of rotatable bonds is 20. The van der Waals surface area contributed by atoms with Gasteiger partial charge in [0.05, 0.1) is 24.1 Å². The second-order valence-electron chi connectivity index (χ2n) is 13.7. The standard InChI is InChI=1S/C41H55ClN2O8S/c1-5-20-44(40(47)49-24-19-42)37-27-35(43-48-3)33-25-28(11-7-9-21-45)32(12-8-10-22-46)38-34-26-30(51-29-13-16-31(53-4)17-14-29)15-18-36(34)52-41(37,39(33)38)50-23-6-2/h6,13-18,25-26,28,32,37-39,45-46H,2,5,7-12,19-24,27H2,1,3-4H3/t28-,32+,37-,38+,39+,41+/m0/s1. The Morgan fingerprint density at radius 3 is 2.51 bits per heavy atom. The van der Waals surface area contributed by atoms with E-state index < -0.39 is 23.8 Å². The van der Waals surface area contributed by atoms with Crippen molar-refractivity contribution in [3.8, 4) is 17.2 Å². The zero-order chi connectivity index (χ0) is 37.8. The maximum absolute atomic E-state index is 13.9. The zero-order valence-corrected chi connectivity index (χ0v) is 32.8. The van der Waals surface area contributed by atoms with Gasteiger partial charge in [-0.15, -0.1) is 29.9 Å². The van der Waals surface area contributed by atoms with Crippen LogP contribution in [0.25, 0.3) is 0 Å². The maximum Gasteiger partial charge on any atom is 0.410 e. The summed E-state index contributed by atoms with van der Waals surface area (Å²) in [5.74, 6) is 0.556. The van der Waals surface area contributed by atoms with E-state index in [-0.39, 0.29) is 50.1 Å². The summed E-state index contributed by atoms with van der Waals surface area (Å²) >= 11 is 7.65. The van der Waals surface area contributed by atoms with Gasteiger partial charge in [-0.05, 0) is 98.2 Å². The first kappa shape index (κ1) is 41.0. The number of unbranched alkanes of at least 4 members (excludes halogenated alkanes) is 2. The fourth-order valence-electron chi connectivity index (χ4n) is 8.43. The van der Waals surface area contributed by atoms with Gasteiger partial charge in [-0.1, -0.05) is 37.1 Å². The third-order valence-electron chi connectivity index (χ3n) is 10.5. The number of allylic oxidation sites excluding steroid dienone is 1. The van der Waals surface area contributed by atoms with E-state index in [1.807, 2.05) is 49.6 Å². The number of aliphatic hydroxyl groups is 2. The van der Waals surface area contributed by atoms with Crippen LogP contribution in [0, 0.1) is 17.8 Å². The van der Waals surface area contributed by atoms with Gasteiger partial charge >= 0.3 is 6.09 Å². The van der Waals surface area contributed by atoms with Crippen molar-refractivity contribution in [2.24, 2.45) is 22.9 Å². The molecule has 2 N–H and O–H groups in total. The minimum Gasteiger partial charge on any atom is -0.459 e. The van der Waals surface area contributed by atoms with E-state index in [2.05, 4.69) is 23.9 Å². The number of aliphatic hydroxyl groups excluding tert-OH is 2. The molecule has 5 rings (SSSR count).